The van der Waals surface area contributed by atoms with E-state index in [2.05, 4.69) is 23.3 Å². The lowest BCUT2D eigenvalue weighted by Crippen LogP contribution is -2.51. The van der Waals surface area contributed by atoms with Crippen LogP contribution >= 0.6 is 11.8 Å². The van der Waals surface area contributed by atoms with E-state index < -0.39 is 18.2 Å². The molecule has 2 N–H and O–H groups in total. The predicted octanol–water partition coefficient (Wildman–Crippen LogP) is 10.3. The summed E-state index contributed by atoms with van der Waals surface area (Å²) in [5.41, 5.74) is 6.31. The maximum absolute atomic E-state index is 13.8. The van der Waals surface area contributed by atoms with Crippen LogP contribution < -0.4 is 5.32 Å². The number of hydrogen-bond acceptors (Lipinski definition) is 7. The minimum absolute atomic E-state index is 0.112. The maximum Gasteiger partial charge on any atom is 0.418 e. The minimum atomic E-state index is -0.706. The number of carbonyl (C=O) groups is 3. The average molecular weight is 705 g/mol. The van der Waals surface area contributed by atoms with Crippen molar-refractivity contribution in [2.75, 3.05) is 19.0 Å². The van der Waals surface area contributed by atoms with Gasteiger partial charge in [-0.15, -0.1) is 0 Å². The van der Waals surface area contributed by atoms with Crippen LogP contribution in [0.2, 0.25) is 0 Å². The molecule has 1 aliphatic heterocycles. The number of amides is 3. The minimum Gasteiger partial charge on any atom is -0.468 e. The number of aryl methyl sites for hydroxylation is 2. The third-order valence-corrected chi connectivity index (χ3v) is 10.3. The van der Waals surface area contributed by atoms with E-state index in [0.717, 1.165) is 57.7 Å². The van der Waals surface area contributed by atoms with E-state index in [9.17, 15) is 14.4 Å². The fourth-order valence-corrected chi connectivity index (χ4v) is 7.73. The zero-order valence-corrected chi connectivity index (χ0v) is 31.1. The number of para-hydroxylation sites is 2. The van der Waals surface area contributed by atoms with Crippen LogP contribution in [-0.2, 0) is 20.7 Å². The predicted molar refractivity (Wildman–Crippen MR) is 201 cm³/mol. The number of H-pyrrole nitrogens is 1. The molecule has 0 aliphatic carbocycles. The number of unbranched alkanes of at least 4 members (excludes halogenated alkanes) is 12. The highest BCUT2D eigenvalue weighted by Gasteiger charge is 2.41. The molecule has 0 radical (unpaired) electrons. The maximum atomic E-state index is 13.8. The molecule has 272 valence electrons. The summed E-state index contributed by atoms with van der Waals surface area (Å²) < 4.78 is 10.6. The van der Waals surface area contributed by atoms with Gasteiger partial charge in [-0.3, -0.25) is 4.79 Å². The zero-order chi connectivity index (χ0) is 35.6. The molecule has 1 unspecified atom stereocenters. The molecule has 3 aromatic rings. The smallest absolute Gasteiger partial charge is 0.418 e. The summed E-state index contributed by atoms with van der Waals surface area (Å²) >= 11 is 1.47. The molecule has 0 bridgehead atoms. The number of ether oxygens (including phenoxy) is 2. The number of hydrogen-bond donors (Lipinski definition) is 2. The number of fused-ring (bicyclic) bond motifs is 1. The van der Waals surface area contributed by atoms with Crippen LogP contribution in [0, 0.1) is 6.92 Å². The summed E-state index contributed by atoms with van der Waals surface area (Å²) in [4.78, 5) is 47.7. The Labute approximate surface area is 302 Å². The number of rotatable bonds is 23. The van der Waals surface area contributed by atoms with Gasteiger partial charge in [0.05, 0.1) is 30.3 Å². The number of thioether (sulfide) groups is 1. The second-order valence-electron chi connectivity index (χ2n) is 13.1. The van der Waals surface area contributed by atoms with E-state index in [4.69, 9.17) is 14.5 Å². The molecule has 9 nitrogen and oxygen atoms in total. The van der Waals surface area contributed by atoms with Gasteiger partial charge in [0.2, 0.25) is 0 Å². The zero-order valence-electron chi connectivity index (χ0n) is 30.3. The first-order chi connectivity index (χ1) is 24.5. The van der Waals surface area contributed by atoms with Gasteiger partial charge >= 0.3 is 12.1 Å². The summed E-state index contributed by atoms with van der Waals surface area (Å²) in [5.74, 6) is 0.398. The Morgan fingerprint density at radius 1 is 0.900 bits per heavy atom. The summed E-state index contributed by atoms with van der Waals surface area (Å²) in [6.07, 6.45) is 17.2. The highest BCUT2D eigenvalue weighted by Crippen LogP contribution is 2.41. The summed E-state index contributed by atoms with van der Waals surface area (Å²) in [6, 6.07) is 12.8. The van der Waals surface area contributed by atoms with Crippen molar-refractivity contribution in [3.63, 3.8) is 0 Å². The van der Waals surface area contributed by atoms with Crippen molar-refractivity contribution < 1.29 is 23.9 Å². The fraction of sp³-hybridized carbons (Fsp3) is 0.550. The lowest BCUT2D eigenvalue weighted by molar-refractivity contribution is -0.128. The normalized spacial score (nSPS) is 14.7. The van der Waals surface area contributed by atoms with Gasteiger partial charge in [0.15, 0.2) is 5.16 Å². The molecule has 0 saturated carbocycles. The standard InChI is InChI=1S/C40H56N4O5S/c1-4-6-7-8-9-10-11-12-13-14-15-16-17-22-31-23-20-21-30(3)36(31)37-32(26-27-48-29-45)35(43-39(46)44(37)40(47)49-5-2)28-50-38-41-33-24-18-19-25-34(33)42-38/h18-21,23-25,29,37H,4-17,22,26-28H2,1-3H3,(H,41,42)(H,43,46). The summed E-state index contributed by atoms with van der Waals surface area (Å²) in [7, 11) is 0. The number of nitrogens with zero attached hydrogens (tertiary/aromatic N) is 2. The lowest BCUT2D eigenvalue weighted by Gasteiger charge is -2.39. The van der Waals surface area contributed by atoms with Gasteiger partial charge in [0.25, 0.3) is 6.47 Å². The van der Waals surface area contributed by atoms with Gasteiger partial charge in [0.1, 0.15) is 0 Å². The fourth-order valence-electron chi connectivity index (χ4n) is 6.85. The van der Waals surface area contributed by atoms with Crippen LogP contribution in [0.3, 0.4) is 0 Å². The van der Waals surface area contributed by atoms with Crippen LogP contribution in [0.1, 0.15) is 126 Å². The third-order valence-electron chi connectivity index (χ3n) is 9.43. The second kappa shape index (κ2) is 21.4. The molecule has 3 amide bonds. The molecule has 2 aromatic carbocycles. The quantitative estimate of drug-likeness (QED) is 0.0574. The first kappa shape index (κ1) is 39.0. The largest absolute Gasteiger partial charge is 0.468 e. The van der Waals surface area contributed by atoms with E-state index in [1.807, 2.05) is 43.3 Å². The molecule has 0 saturated heterocycles. The van der Waals surface area contributed by atoms with Crippen LogP contribution in [0.4, 0.5) is 9.59 Å². The number of benzene rings is 2. The van der Waals surface area contributed by atoms with E-state index in [1.54, 1.807) is 6.92 Å². The molecule has 4 rings (SSSR count). The Bertz CT molecular complexity index is 1520. The molecule has 50 heavy (non-hydrogen) atoms. The van der Waals surface area contributed by atoms with Crippen LogP contribution in [0.15, 0.2) is 58.9 Å². The van der Waals surface area contributed by atoms with Crippen LogP contribution in [-0.4, -0.2) is 52.4 Å². The van der Waals surface area contributed by atoms with Crippen LogP contribution in [0.25, 0.3) is 11.0 Å². The Hall–Kier alpha value is -3.79. The number of nitrogens with one attached hydrogen (secondary N) is 2. The first-order valence-electron chi connectivity index (χ1n) is 18.7. The molecule has 0 spiro atoms. The Balaban J connectivity index is 1.51. The molecule has 1 aliphatic rings. The first-order valence-corrected chi connectivity index (χ1v) is 19.7. The topological polar surface area (TPSA) is 114 Å². The average Bonchev–Trinajstić information content (AvgIpc) is 3.53. The van der Waals surface area contributed by atoms with Crippen LogP contribution in [0.5, 0.6) is 0 Å². The Morgan fingerprint density at radius 3 is 2.24 bits per heavy atom. The van der Waals surface area contributed by atoms with Crippen molar-refractivity contribution >= 4 is 41.4 Å². The second-order valence-corrected chi connectivity index (χ2v) is 14.1. The number of imidazole rings is 1. The van der Waals surface area contributed by atoms with Crippen molar-refractivity contribution in [3.05, 3.63) is 70.4 Å². The Morgan fingerprint density at radius 2 is 1.58 bits per heavy atom. The number of imide groups is 1. The number of aromatic amines is 1. The lowest BCUT2D eigenvalue weighted by atomic mass is 9.85. The van der Waals surface area contributed by atoms with Crippen molar-refractivity contribution in [1.29, 1.82) is 0 Å². The van der Waals surface area contributed by atoms with Gasteiger partial charge in [0, 0.05) is 17.9 Å². The molecule has 2 heterocycles. The van der Waals surface area contributed by atoms with Crippen molar-refractivity contribution in [3.8, 4) is 0 Å². The summed E-state index contributed by atoms with van der Waals surface area (Å²) in [5, 5.41) is 3.70. The van der Waals surface area contributed by atoms with Gasteiger partial charge in [-0.25, -0.2) is 19.5 Å². The summed E-state index contributed by atoms with van der Waals surface area (Å²) in [6.45, 7) is 6.70. The Kier molecular flexibility index (Phi) is 16.7. The van der Waals surface area contributed by atoms with Crippen molar-refractivity contribution in [1.82, 2.24) is 20.2 Å². The molecular weight excluding hydrogens is 649 g/mol. The molecule has 1 aromatic heterocycles. The SMILES string of the molecule is CCCCCCCCCCCCCCCc1cccc(C)c1C1C(CCOC=O)=C(CSc2nc3ccccc3[nH]2)NC(=O)N1C(=O)OCC. The van der Waals surface area contributed by atoms with E-state index in [1.165, 1.54) is 87.3 Å². The monoisotopic (exact) mass is 704 g/mol. The number of aromatic nitrogens is 2. The molecular formula is C40H56N4O5S. The van der Waals surface area contributed by atoms with Gasteiger partial charge in [-0.2, -0.15) is 0 Å². The van der Waals surface area contributed by atoms with Gasteiger partial charge in [-0.05, 0) is 61.1 Å². The molecule has 1 atom stereocenters. The van der Waals surface area contributed by atoms with Crippen molar-refractivity contribution in [2.45, 2.75) is 128 Å². The van der Waals surface area contributed by atoms with E-state index >= 15 is 0 Å². The third kappa shape index (κ3) is 11.4. The van der Waals surface area contributed by atoms with Gasteiger partial charge < -0.3 is 19.8 Å². The highest BCUT2D eigenvalue weighted by molar-refractivity contribution is 7.99. The highest BCUT2D eigenvalue weighted by atomic mass is 32.2. The number of carbonyl (C=O) groups excluding carboxylic acids is 3. The van der Waals surface area contributed by atoms with Gasteiger partial charge in [-0.1, -0.05) is 126 Å². The molecule has 10 heteroatoms. The van der Waals surface area contributed by atoms with E-state index in [0.29, 0.717) is 24.3 Å². The number of urea groups is 1. The van der Waals surface area contributed by atoms with Crippen molar-refractivity contribution in [2.24, 2.45) is 0 Å². The van der Waals surface area contributed by atoms with E-state index in [-0.39, 0.29) is 13.2 Å². The molecule has 0 fully saturated rings.